The van der Waals surface area contributed by atoms with Crippen molar-refractivity contribution in [2.45, 2.75) is 19.3 Å². The maximum Gasteiger partial charge on any atom is 0.160 e. The summed E-state index contributed by atoms with van der Waals surface area (Å²) in [6.07, 6.45) is 0. The number of hydrogen-bond acceptors (Lipinski definition) is 2. The zero-order chi connectivity index (χ0) is 34.8. The predicted molar refractivity (Wildman–Crippen MR) is 216 cm³/mol. The van der Waals surface area contributed by atoms with Gasteiger partial charge in [-0.15, -0.1) is 0 Å². The fourth-order valence-corrected chi connectivity index (χ4v) is 8.16. The fraction of sp³-hybridized carbons (Fsp3) is 0.0612. The van der Waals surface area contributed by atoms with Crippen LogP contribution in [0.5, 0.6) is 0 Å². The van der Waals surface area contributed by atoms with E-state index in [1.165, 1.54) is 60.9 Å². The van der Waals surface area contributed by atoms with Crippen molar-refractivity contribution in [2.75, 3.05) is 0 Å². The highest BCUT2D eigenvalue weighted by Crippen LogP contribution is 2.49. The Kier molecular flexibility index (Phi) is 6.84. The van der Waals surface area contributed by atoms with Crippen LogP contribution in [0.25, 0.3) is 83.6 Å². The summed E-state index contributed by atoms with van der Waals surface area (Å²) in [4.78, 5) is 10.3. The highest BCUT2D eigenvalue weighted by atomic mass is 15.0. The Hall–Kier alpha value is -6.58. The van der Waals surface area contributed by atoms with Crippen molar-refractivity contribution in [3.63, 3.8) is 0 Å². The molecule has 3 heteroatoms. The molecule has 0 unspecified atom stereocenters. The van der Waals surface area contributed by atoms with Gasteiger partial charge in [0.2, 0.25) is 0 Å². The summed E-state index contributed by atoms with van der Waals surface area (Å²) in [6, 6.07) is 62.9. The van der Waals surface area contributed by atoms with Gasteiger partial charge >= 0.3 is 0 Å². The van der Waals surface area contributed by atoms with E-state index in [4.69, 9.17) is 9.97 Å². The zero-order valence-corrected chi connectivity index (χ0v) is 29.1. The summed E-state index contributed by atoms with van der Waals surface area (Å²) in [6.45, 7) is 4.64. The summed E-state index contributed by atoms with van der Waals surface area (Å²) >= 11 is 0. The Balaban J connectivity index is 1.06. The quantitative estimate of drug-likeness (QED) is 0.183. The number of aromatic nitrogens is 3. The van der Waals surface area contributed by atoms with Gasteiger partial charge in [0.25, 0.3) is 0 Å². The number of benzene rings is 7. The molecule has 1 aliphatic carbocycles. The molecule has 10 rings (SSSR count). The normalized spacial score (nSPS) is 13.0. The van der Waals surface area contributed by atoms with Crippen molar-refractivity contribution >= 4 is 21.8 Å². The molecule has 0 bridgehead atoms. The molecule has 0 spiro atoms. The van der Waals surface area contributed by atoms with Crippen LogP contribution in [0.1, 0.15) is 25.0 Å². The van der Waals surface area contributed by atoms with Gasteiger partial charge in [-0.3, -0.25) is 0 Å². The van der Waals surface area contributed by atoms with Gasteiger partial charge in [0, 0.05) is 38.6 Å². The maximum absolute atomic E-state index is 5.15. The Morgan fingerprint density at radius 1 is 0.404 bits per heavy atom. The molecule has 0 saturated carbocycles. The van der Waals surface area contributed by atoms with Crippen molar-refractivity contribution in [3.05, 3.63) is 187 Å². The molecule has 0 aliphatic heterocycles. The summed E-state index contributed by atoms with van der Waals surface area (Å²) in [7, 11) is 0. The third-order valence-electron chi connectivity index (χ3n) is 10.8. The molecule has 0 saturated heterocycles. The van der Waals surface area contributed by atoms with E-state index in [1.807, 2.05) is 18.2 Å². The van der Waals surface area contributed by atoms with Gasteiger partial charge in [0.05, 0.1) is 22.4 Å². The van der Waals surface area contributed by atoms with E-state index in [1.54, 1.807) is 0 Å². The number of nitrogens with zero attached hydrogens (tertiary/aromatic N) is 3. The van der Waals surface area contributed by atoms with Crippen molar-refractivity contribution in [3.8, 4) is 61.8 Å². The van der Waals surface area contributed by atoms with Crippen LogP contribution >= 0.6 is 0 Å². The maximum atomic E-state index is 5.15. The van der Waals surface area contributed by atoms with Gasteiger partial charge in [0.1, 0.15) is 0 Å². The van der Waals surface area contributed by atoms with Crippen LogP contribution in [0.3, 0.4) is 0 Å². The van der Waals surface area contributed by atoms with Crippen molar-refractivity contribution in [2.24, 2.45) is 0 Å². The number of para-hydroxylation sites is 2. The third kappa shape index (κ3) is 4.81. The smallest absolute Gasteiger partial charge is 0.160 e. The third-order valence-corrected chi connectivity index (χ3v) is 10.8. The predicted octanol–water partition coefficient (Wildman–Crippen LogP) is 12.5. The monoisotopic (exact) mass is 665 g/mol. The molecule has 2 aromatic heterocycles. The first-order valence-corrected chi connectivity index (χ1v) is 17.9. The SMILES string of the molecule is CC1(C)c2ccccc2-c2ccc(-c3cc(-c4ccc(-c5ccc6c(c5)c5ccccc5n6-c5ccccc5)cc4)nc(-c4ccccc4)n3)cc21. The van der Waals surface area contributed by atoms with Crippen LogP contribution in [0.15, 0.2) is 176 Å². The Morgan fingerprint density at radius 3 is 1.81 bits per heavy atom. The Morgan fingerprint density at radius 2 is 1.00 bits per heavy atom. The lowest BCUT2D eigenvalue weighted by Crippen LogP contribution is -2.14. The second kappa shape index (κ2) is 11.8. The summed E-state index contributed by atoms with van der Waals surface area (Å²) in [5, 5.41) is 2.50. The van der Waals surface area contributed by atoms with Crippen LogP contribution in [0.4, 0.5) is 0 Å². The highest BCUT2D eigenvalue weighted by molar-refractivity contribution is 6.10. The van der Waals surface area contributed by atoms with Crippen LogP contribution in [0.2, 0.25) is 0 Å². The number of fused-ring (bicyclic) bond motifs is 6. The van der Waals surface area contributed by atoms with E-state index in [9.17, 15) is 0 Å². The van der Waals surface area contributed by atoms with Crippen molar-refractivity contribution < 1.29 is 0 Å². The molecule has 0 N–H and O–H groups in total. The van der Waals surface area contributed by atoms with E-state index in [0.717, 1.165) is 33.9 Å². The lowest BCUT2D eigenvalue weighted by Gasteiger charge is -2.22. The molecule has 3 nitrogen and oxygen atoms in total. The van der Waals surface area contributed by atoms with Crippen LogP contribution < -0.4 is 0 Å². The summed E-state index contributed by atoms with van der Waals surface area (Å²) < 4.78 is 2.36. The molecule has 2 heterocycles. The average molecular weight is 666 g/mol. The average Bonchev–Trinajstić information content (AvgIpc) is 3.66. The van der Waals surface area contributed by atoms with Gasteiger partial charge < -0.3 is 4.57 Å². The first-order chi connectivity index (χ1) is 25.5. The van der Waals surface area contributed by atoms with E-state index in [2.05, 4.69) is 176 Å². The highest BCUT2D eigenvalue weighted by Gasteiger charge is 2.35. The van der Waals surface area contributed by atoms with Crippen molar-refractivity contribution in [1.29, 1.82) is 0 Å². The van der Waals surface area contributed by atoms with Gasteiger partial charge in [-0.1, -0.05) is 147 Å². The molecule has 0 atom stereocenters. The molecule has 1 aliphatic rings. The van der Waals surface area contributed by atoms with Gasteiger partial charge in [-0.2, -0.15) is 0 Å². The van der Waals surface area contributed by atoms with Gasteiger partial charge in [-0.25, -0.2) is 9.97 Å². The second-order valence-electron chi connectivity index (χ2n) is 14.3. The molecule has 0 radical (unpaired) electrons. The number of rotatable bonds is 5. The van der Waals surface area contributed by atoms with E-state index >= 15 is 0 Å². The molecule has 9 aromatic rings. The molecule has 7 aromatic carbocycles. The topological polar surface area (TPSA) is 30.7 Å². The Bertz CT molecular complexity index is 2790. The molecule has 52 heavy (non-hydrogen) atoms. The minimum atomic E-state index is -0.0879. The lowest BCUT2D eigenvalue weighted by atomic mass is 9.82. The fourth-order valence-electron chi connectivity index (χ4n) is 8.16. The summed E-state index contributed by atoms with van der Waals surface area (Å²) in [5.74, 6) is 0.723. The van der Waals surface area contributed by atoms with Gasteiger partial charge in [0.15, 0.2) is 5.82 Å². The molecule has 0 amide bonds. The first kappa shape index (κ1) is 30.3. The Labute approximate surface area is 303 Å². The minimum Gasteiger partial charge on any atom is -0.309 e. The summed E-state index contributed by atoms with van der Waals surface area (Å²) in [5.41, 5.74) is 16.2. The largest absolute Gasteiger partial charge is 0.309 e. The van der Waals surface area contributed by atoms with Gasteiger partial charge in [-0.05, 0) is 75.8 Å². The molecule has 0 fully saturated rings. The minimum absolute atomic E-state index is 0.0879. The molecule has 246 valence electrons. The van der Waals surface area contributed by atoms with E-state index < -0.39 is 0 Å². The van der Waals surface area contributed by atoms with E-state index in [0.29, 0.717) is 0 Å². The number of hydrogen-bond donors (Lipinski definition) is 0. The zero-order valence-electron chi connectivity index (χ0n) is 29.1. The standard InChI is InChI=1S/C49H35N3/c1-49(2)42-19-11-9-17-38(42)39-27-25-36(30-43(39)49)45-31-44(50-48(51-45)34-13-5-3-6-14-34)33-23-21-32(22-24-33)35-26-28-47-41(29-35)40-18-10-12-20-46(40)52(47)37-15-7-4-8-16-37/h3-31H,1-2H3. The van der Waals surface area contributed by atoms with Crippen LogP contribution in [-0.4, -0.2) is 14.5 Å². The second-order valence-corrected chi connectivity index (χ2v) is 14.3. The van der Waals surface area contributed by atoms with Crippen molar-refractivity contribution in [1.82, 2.24) is 14.5 Å². The first-order valence-electron chi connectivity index (χ1n) is 17.9. The van der Waals surface area contributed by atoms with Crippen LogP contribution in [-0.2, 0) is 5.41 Å². The lowest BCUT2D eigenvalue weighted by molar-refractivity contribution is 0.660. The molecular weight excluding hydrogens is 631 g/mol. The van der Waals surface area contributed by atoms with E-state index in [-0.39, 0.29) is 5.41 Å². The van der Waals surface area contributed by atoms with Crippen LogP contribution in [0, 0.1) is 0 Å². The molecular formula is C49H35N3.